The maximum Gasteiger partial charge on any atom is 0.317 e. The van der Waals surface area contributed by atoms with E-state index in [9.17, 15) is 9.18 Å². The van der Waals surface area contributed by atoms with Crippen LogP contribution in [-0.2, 0) is 11.2 Å². The molecule has 0 radical (unpaired) electrons. The molecule has 1 saturated heterocycles. The maximum atomic E-state index is 13.1. The van der Waals surface area contributed by atoms with Gasteiger partial charge in [-0.1, -0.05) is 12.1 Å². The van der Waals surface area contributed by atoms with Gasteiger partial charge < -0.3 is 10.8 Å². The number of hydrogen-bond acceptors (Lipinski definition) is 3. The van der Waals surface area contributed by atoms with Gasteiger partial charge in [0.05, 0.1) is 6.54 Å². The minimum Gasteiger partial charge on any atom is -0.480 e. The van der Waals surface area contributed by atoms with Crippen molar-refractivity contribution in [1.82, 2.24) is 4.90 Å². The molecule has 104 valence electrons. The van der Waals surface area contributed by atoms with E-state index in [1.54, 1.807) is 6.07 Å². The summed E-state index contributed by atoms with van der Waals surface area (Å²) in [6.07, 6.45) is 1.59. The van der Waals surface area contributed by atoms with E-state index in [-0.39, 0.29) is 24.3 Å². The summed E-state index contributed by atoms with van der Waals surface area (Å²) in [7, 11) is 0. The van der Waals surface area contributed by atoms with E-state index in [2.05, 4.69) is 0 Å². The average molecular weight is 266 g/mol. The number of nitrogens with zero attached hydrogens (tertiary/aromatic N) is 1. The molecule has 0 amide bonds. The van der Waals surface area contributed by atoms with E-state index in [0.29, 0.717) is 13.1 Å². The third-order valence-corrected chi connectivity index (χ3v) is 3.42. The van der Waals surface area contributed by atoms with Crippen molar-refractivity contribution in [2.75, 3.05) is 19.6 Å². The molecule has 0 aromatic heterocycles. The van der Waals surface area contributed by atoms with Gasteiger partial charge in [0, 0.05) is 19.1 Å². The summed E-state index contributed by atoms with van der Waals surface area (Å²) in [6, 6.07) is 6.54. The first-order valence-corrected chi connectivity index (χ1v) is 6.47. The minimum atomic E-state index is -0.835. The summed E-state index contributed by atoms with van der Waals surface area (Å²) in [5.74, 6) is -0.788. The van der Waals surface area contributed by atoms with Gasteiger partial charge in [0.1, 0.15) is 5.82 Å². The fourth-order valence-corrected chi connectivity index (χ4v) is 2.81. The Labute approximate surface area is 112 Å². The molecular weight excluding hydrogens is 247 g/mol. The smallest absolute Gasteiger partial charge is 0.317 e. The van der Waals surface area contributed by atoms with Crippen LogP contribution in [0.3, 0.4) is 0 Å². The second kappa shape index (κ2) is 6.12. The number of aliphatic carboxylic acids is 1. The zero-order valence-corrected chi connectivity index (χ0v) is 10.8. The minimum absolute atomic E-state index is 0.00772. The fraction of sp³-hybridized carbons (Fsp3) is 0.500. The van der Waals surface area contributed by atoms with Crippen molar-refractivity contribution in [3.63, 3.8) is 0 Å². The monoisotopic (exact) mass is 266 g/mol. The van der Waals surface area contributed by atoms with Crippen molar-refractivity contribution < 1.29 is 14.3 Å². The highest BCUT2D eigenvalue weighted by molar-refractivity contribution is 5.69. The Kier molecular flexibility index (Phi) is 4.50. The summed E-state index contributed by atoms with van der Waals surface area (Å²) >= 11 is 0. The standard InChI is InChI=1S/C14H19FN2O2/c15-12-3-1-2-10(5-12)4-11-6-13(16)8-17(7-11)9-14(18)19/h1-3,5,11,13H,4,6-9,16H2,(H,18,19). The largest absolute Gasteiger partial charge is 0.480 e. The van der Waals surface area contributed by atoms with Gasteiger partial charge >= 0.3 is 5.97 Å². The maximum absolute atomic E-state index is 13.1. The molecule has 0 bridgehead atoms. The molecule has 2 atom stereocenters. The molecular formula is C14H19FN2O2. The number of carboxylic acids is 1. The SMILES string of the molecule is NC1CC(Cc2cccc(F)c2)CN(CC(=O)O)C1. The molecule has 1 aliphatic rings. The van der Waals surface area contributed by atoms with Gasteiger partial charge in [0.25, 0.3) is 0 Å². The van der Waals surface area contributed by atoms with Crippen LogP contribution >= 0.6 is 0 Å². The van der Waals surface area contributed by atoms with E-state index < -0.39 is 5.97 Å². The van der Waals surface area contributed by atoms with Crippen molar-refractivity contribution in [2.24, 2.45) is 11.7 Å². The Morgan fingerprint density at radius 2 is 2.26 bits per heavy atom. The van der Waals surface area contributed by atoms with Crippen molar-refractivity contribution in [3.8, 4) is 0 Å². The zero-order valence-electron chi connectivity index (χ0n) is 10.8. The van der Waals surface area contributed by atoms with Crippen LogP contribution in [0, 0.1) is 11.7 Å². The Morgan fingerprint density at radius 1 is 1.47 bits per heavy atom. The normalized spacial score (nSPS) is 24.3. The van der Waals surface area contributed by atoms with Crippen molar-refractivity contribution in [3.05, 3.63) is 35.6 Å². The van der Waals surface area contributed by atoms with Crippen LogP contribution < -0.4 is 5.73 Å². The van der Waals surface area contributed by atoms with Crippen molar-refractivity contribution in [2.45, 2.75) is 18.9 Å². The number of likely N-dealkylation sites (tertiary alicyclic amines) is 1. The van der Waals surface area contributed by atoms with Crippen molar-refractivity contribution in [1.29, 1.82) is 0 Å². The van der Waals surface area contributed by atoms with Gasteiger partial charge in [-0.25, -0.2) is 4.39 Å². The van der Waals surface area contributed by atoms with E-state index in [0.717, 1.165) is 18.4 Å². The highest BCUT2D eigenvalue weighted by Crippen LogP contribution is 2.20. The fourth-order valence-electron chi connectivity index (χ4n) is 2.81. The number of piperidine rings is 1. The molecule has 1 fully saturated rings. The third kappa shape index (κ3) is 4.29. The predicted molar refractivity (Wildman–Crippen MR) is 70.3 cm³/mol. The van der Waals surface area contributed by atoms with Gasteiger partial charge in [-0.15, -0.1) is 0 Å². The topological polar surface area (TPSA) is 66.6 Å². The first kappa shape index (κ1) is 14.0. The lowest BCUT2D eigenvalue weighted by molar-refractivity contribution is -0.138. The highest BCUT2D eigenvalue weighted by atomic mass is 19.1. The highest BCUT2D eigenvalue weighted by Gasteiger charge is 2.26. The molecule has 4 nitrogen and oxygen atoms in total. The summed E-state index contributed by atoms with van der Waals surface area (Å²) in [5.41, 5.74) is 6.91. The molecule has 1 aromatic rings. The zero-order chi connectivity index (χ0) is 13.8. The molecule has 2 rings (SSSR count). The molecule has 5 heteroatoms. The number of carboxylic acid groups (broad SMARTS) is 1. The molecule has 2 unspecified atom stereocenters. The Hall–Kier alpha value is -1.46. The van der Waals surface area contributed by atoms with Gasteiger partial charge in [-0.2, -0.15) is 0 Å². The van der Waals surface area contributed by atoms with E-state index in [1.807, 2.05) is 11.0 Å². The molecule has 19 heavy (non-hydrogen) atoms. The van der Waals surface area contributed by atoms with Gasteiger partial charge in [-0.05, 0) is 36.5 Å². The van der Waals surface area contributed by atoms with Crippen LogP contribution in [0.15, 0.2) is 24.3 Å². The van der Waals surface area contributed by atoms with Crippen molar-refractivity contribution >= 4 is 5.97 Å². The van der Waals surface area contributed by atoms with Crippen LogP contribution in [0.1, 0.15) is 12.0 Å². The van der Waals surface area contributed by atoms with Gasteiger partial charge in [-0.3, -0.25) is 9.69 Å². The van der Waals surface area contributed by atoms with Crippen LogP contribution in [0.4, 0.5) is 4.39 Å². The summed E-state index contributed by atoms with van der Waals surface area (Å²) < 4.78 is 13.1. The van der Waals surface area contributed by atoms with E-state index in [4.69, 9.17) is 10.8 Å². The number of halogens is 1. The first-order valence-electron chi connectivity index (χ1n) is 6.47. The lowest BCUT2D eigenvalue weighted by atomic mass is 9.89. The predicted octanol–water partition coefficient (Wildman–Crippen LogP) is 1.10. The number of hydrogen-bond donors (Lipinski definition) is 2. The summed E-state index contributed by atoms with van der Waals surface area (Å²) in [5, 5.41) is 8.83. The number of rotatable bonds is 4. The summed E-state index contributed by atoms with van der Waals surface area (Å²) in [4.78, 5) is 12.6. The number of nitrogens with two attached hydrogens (primary N) is 1. The first-order chi connectivity index (χ1) is 9.02. The third-order valence-electron chi connectivity index (χ3n) is 3.42. The molecule has 1 aromatic carbocycles. The quantitative estimate of drug-likeness (QED) is 0.856. The van der Waals surface area contributed by atoms with Crippen LogP contribution in [0.5, 0.6) is 0 Å². The van der Waals surface area contributed by atoms with Crippen LogP contribution in [-0.4, -0.2) is 41.7 Å². The number of benzene rings is 1. The Bertz CT molecular complexity index is 453. The van der Waals surface area contributed by atoms with Gasteiger partial charge in [0.2, 0.25) is 0 Å². The molecule has 3 N–H and O–H groups in total. The Balaban J connectivity index is 1.97. The van der Waals surface area contributed by atoms with Crippen LogP contribution in [0.25, 0.3) is 0 Å². The van der Waals surface area contributed by atoms with Crippen LogP contribution in [0.2, 0.25) is 0 Å². The molecule has 1 heterocycles. The molecule has 1 aliphatic heterocycles. The second-order valence-electron chi connectivity index (χ2n) is 5.28. The molecule has 0 saturated carbocycles. The number of carbonyl (C=O) groups is 1. The summed E-state index contributed by atoms with van der Waals surface area (Å²) in [6.45, 7) is 1.34. The Morgan fingerprint density at radius 3 is 2.95 bits per heavy atom. The molecule has 0 spiro atoms. The lowest BCUT2D eigenvalue weighted by Crippen LogP contribution is -2.49. The second-order valence-corrected chi connectivity index (χ2v) is 5.28. The average Bonchev–Trinajstić information content (AvgIpc) is 2.26. The van der Waals surface area contributed by atoms with Gasteiger partial charge in [0.15, 0.2) is 0 Å². The lowest BCUT2D eigenvalue weighted by Gasteiger charge is -2.35. The van der Waals surface area contributed by atoms with E-state index >= 15 is 0 Å². The van der Waals surface area contributed by atoms with E-state index in [1.165, 1.54) is 12.1 Å². The molecule has 0 aliphatic carbocycles.